The van der Waals surface area contributed by atoms with Crippen LogP contribution in [0.2, 0.25) is 0 Å². The van der Waals surface area contributed by atoms with Gasteiger partial charge in [0, 0.05) is 12.6 Å². The van der Waals surface area contributed by atoms with Crippen molar-refractivity contribution < 1.29 is 9.84 Å². The number of rotatable bonds is 7. The maximum Gasteiger partial charge on any atom is 0.133 e. The first-order valence-electron chi connectivity index (χ1n) is 7.09. The third-order valence-electron chi connectivity index (χ3n) is 3.47. The summed E-state index contributed by atoms with van der Waals surface area (Å²) in [5.41, 5.74) is 0.380. The highest BCUT2D eigenvalue weighted by molar-refractivity contribution is 9.10. The predicted molar refractivity (Wildman–Crippen MR) is 87.1 cm³/mol. The molecule has 1 aromatic carbocycles. The van der Waals surface area contributed by atoms with Crippen LogP contribution < -0.4 is 10.1 Å². The summed E-state index contributed by atoms with van der Waals surface area (Å²) in [4.78, 5) is 0. The van der Waals surface area contributed by atoms with Crippen molar-refractivity contribution in [3.8, 4) is 5.75 Å². The highest BCUT2D eigenvalue weighted by Gasteiger charge is 2.26. The fourth-order valence-corrected chi connectivity index (χ4v) is 2.02. The maximum absolute atomic E-state index is 10.2. The van der Waals surface area contributed by atoms with E-state index in [9.17, 15) is 5.11 Å². The molecule has 1 unspecified atom stereocenters. The Morgan fingerprint density at radius 1 is 1.30 bits per heavy atom. The molecule has 0 fully saturated rings. The second-order valence-corrected chi connectivity index (χ2v) is 6.96. The van der Waals surface area contributed by atoms with Gasteiger partial charge in [0.25, 0.3) is 0 Å². The van der Waals surface area contributed by atoms with Crippen LogP contribution >= 0.6 is 15.9 Å². The molecule has 0 aliphatic carbocycles. The molecule has 0 heterocycles. The second-order valence-electron chi connectivity index (χ2n) is 6.10. The van der Waals surface area contributed by atoms with E-state index in [2.05, 4.69) is 41.2 Å². The zero-order chi connectivity index (χ0) is 15.3. The largest absolute Gasteiger partial charge is 0.489 e. The van der Waals surface area contributed by atoms with Gasteiger partial charge in [0.15, 0.2) is 0 Å². The van der Waals surface area contributed by atoms with E-state index in [1.165, 1.54) is 5.56 Å². The summed E-state index contributed by atoms with van der Waals surface area (Å²) < 4.78 is 6.64. The van der Waals surface area contributed by atoms with Gasteiger partial charge in [-0.15, -0.1) is 0 Å². The molecule has 1 rings (SSSR count). The molecule has 0 saturated heterocycles. The van der Waals surface area contributed by atoms with E-state index in [1.54, 1.807) is 6.92 Å². The van der Waals surface area contributed by atoms with Crippen molar-refractivity contribution in [3.63, 3.8) is 0 Å². The van der Waals surface area contributed by atoms with Gasteiger partial charge in [-0.1, -0.05) is 33.8 Å². The van der Waals surface area contributed by atoms with Crippen LogP contribution in [-0.4, -0.2) is 23.4 Å². The van der Waals surface area contributed by atoms with Crippen LogP contribution in [0.1, 0.15) is 40.2 Å². The molecular weight excluding hydrogens is 318 g/mol. The number of aliphatic hydroxyl groups is 1. The van der Waals surface area contributed by atoms with Crippen molar-refractivity contribution >= 4 is 15.9 Å². The lowest BCUT2D eigenvalue weighted by Gasteiger charge is -2.27. The van der Waals surface area contributed by atoms with E-state index >= 15 is 0 Å². The Balaban J connectivity index is 2.64. The van der Waals surface area contributed by atoms with E-state index in [1.807, 2.05) is 26.0 Å². The van der Waals surface area contributed by atoms with Crippen molar-refractivity contribution in [1.82, 2.24) is 5.32 Å². The van der Waals surface area contributed by atoms with Crippen molar-refractivity contribution in [3.05, 3.63) is 28.2 Å². The average Bonchev–Trinajstić information content (AvgIpc) is 2.35. The molecule has 20 heavy (non-hydrogen) atoms. The fraction of sp³-hybridized carbons (Fsp3) is 0.625. The standard InChI is InChI=1S/C16H26BrNO2/c1-11(2)16(5,19)10-20-15-7-6-13(8-14(15)17)9-18-12(3)4/h6-8,11-12,18-19H,9-10H2,1-5H3. The number of benzene rings is 1. The summed E-state index contributed by atoms with van der Waals surface area (Å²) in [6, 6.07) is 6.50. The first kappa shape index (κ1) is 17.5. The minimum absolute atomic E-state index is 0.149. The average molecular weight is 344 g/mol. The van der Waals surface area contributed by atoms with E-state index in [0.717, 1.165) is 16.8 Å². The highest BCUT2D eigenvalue weighted by Crippen LogP contribution is 2.28. The molecule has 114 valence electrons. The van der Waals surface area contributed by atoms with Crippen LogP contribution in [-0.2, 0) is 6.54 Å². The van der Waals surface area contributed by atoms with Gasteiger partial charge in [-0.25, -0.2) is 0 Å². The summed E-state index contributed by atoms with van der Waals surface area (Å²) in [6.45, 7) is 11.1. The molecule has 0 bridgehead atoms. The quantitative estimate of drug-likeness (QED) is 0.792. The molecule has 1 aromatic rings. The number of ether oxygens (including phenoxy) is 1. The van der Waals surface area contributed by atoms with Gasteiger partial charge >= 0.3 is 0 Å². The van der Waals surface area contributed by atoms with Crippen LogP contribution in [0.25, 0.3) is 0 Å². The van der Waals surface area contributed by atoms with Crippen molar-refractivity contribution in [2.24, 2.45) is 5.92 Å². The second kappa shape index (κ2) is 7.43. The van der Waals surface area contributed by atoms with Crippen LogP contribution in [0.5, 0.6) is 5.75 Å². The smallest absolute Gasteiger partial charge is 0.133 e. The molecule has 0 spiro atoms. The number of nitrogens with one attached hydrogen (secondary N) is 1. The molecule has 3 nitrogen and oxygen atoms in total. The third kappa shape index (κ3) is 5.43. The molecule has 1 atom stereocenters. The SMILES string of the molecule is CC(C)NCc1ccc(OCC(C)(O)C(C)C)c(Br)c1. The first-order valence-corrected chi connectivity index (χ1v) is 7.88. The van der Waals surface area contributed by atoms with Crippen LogP contribution in [0, 0.1) is 5.92 Å². The minimum atomic E-state index is -0.822. The van der Waals surface area contributed by atoms with Gasteiger partial charge < -0.3 is 15.2 Å². The highest BCUT2D eigenvalue weighted by atomic mass is 79.9. The first-order chi connectivity index (χ1) is 9.22. The summed E-state index contributed by atoms with van der Waals surface area (Å²) in [6.07, 6.45) is 0. The summed E-state index contributed by atoms with van der Waals surface area (Å²) in [7, 11) is 0. The molecule has 4 heteroatoms. The Labute approximate surface area is 130 Å². The van der Waals surface area contributed by atoms with Crippen LogP contribution in [0.4, 0.5) is 0 Å². The van der Waals surface area contributed by atoms with Gasteiger partial charge in [0.1, 0.15) is 12.4 Å². The van der Waals surface area contributed by atoms with Crippen molar-refractivity contribution in [1.29, 1.82) is 0 Å². The molecule has 0 radical (unpaired) electrons. The van der Waals surface area contributed by atoms with Gasteiger partial charge in [-0.3, -0.25) is 0 Å². The summed E-state index contributed by atoms with van der Waals surface area (Å²) in [5.74, 6) is 0.912. The van der Waals surface area contributed by atoms with Gasteiger partial charge in [0.05, 0.1) is 10.1 Å². The van der Waals surface area contributed by atoms with Crippen LogP contribution in [0.15, 0.2) is 22.7 Å². The van der Waals surface area contributed by atoms with E-state index < -0.39 is 5.60 Å². The number of hydrogen-bond acceptors (Lipinski definition) is 3. The minimum Gasteiger partial charge on any atom is -0.489 e. The lowest BCUT2D eigenvalue weighted by Crippen LogP contribution is -2.37. The lowest BCUT2D eigenvalue weighted by molar-refractivity contribution is -0.0268. The van der Waals surface area contributed by atoms with E-state index in [4.69, 9.17) is 4.74 Å². The predicted octanol–water partition coefficient (Wildman–Crippen LogP) is 3.73. The summed E-state index contributed by atoms with van der Waals surface area (Å²) in [5, 5.41) is 13.6. The Morgan fingerprint density at radius 3 is 2.45 bits per heavy atom. The monoisotopic (exact) mass is 343 g/mol. The van der Waals surface area contributed by atoms with Gasteiger partial charge in [-0.05, 0) is 46.5 Å². The van der Waals surface area contributed by atoms with Gasteiger partial charge in [-0.2, -0.15) is 0 Å². The van der Waals surface area contributed by atoms with E-state index in [-0.39, 0.29) is 12.5 Å². The molecular formula is C16H26BrNO2. The Bertz CT molecular complexity index is 430. The molecule has 2 N–H and O–H groups in total. The maximum atomic E-state index is 10.2. The molecule has 0 aromatic heterocycles. The van der Waals surface area contributed by atoms with Crippen molar-refractivity contribution in [2.75, 3.05) is 6.61 Å². The molecule has 0 aliphatic rings. The molecule has 0 aliphatic heterocycles. The topological polar surface area (TPSA) is 41.5 Å². The zero-order valence-corrected chi connectivity index (χ0v) is 14.6. The zero-order valence-electron chi connectivity index (χ0n) is 13.0. The molecule has 0 amide bonds. The van der Waals surface area contributed by atoms with Crippen molar-refractivity contribution in [2.45, 2.75) is 52.8 Å². The fourth-order valence-electron chi connectivity index (χ4n) is 1.48. The Morgan fingerprint density at radius 2 is 1.95 bits per heavy atom. The van der Waals surface area contributed by atoms with Crippen LogP contribution in [0.3, 0.4) is 0 Å². The number of halogens is 1. The third-order valence-corrected chi connectivity index (χ3v) is 4.09. The summed E-state index contributed by atoms with van der Waals surface area (Å²) >= 11 is 3.52. The number of hydrogen-bond donors (Lipinski definition) is 2. The molecule has 0 saturated carbocycles. The lowest BCUT2D eigenvalue weighted by atomic mass is 9.94. The Kier molecular flexibility index (Phi) is 6.49. The van der Waals surface area contributed by atoms with E-state index in [0.29, 0.717) is 6.04 Å². The van der Waals surface area contributed by atoms with Gasteiger partial charge in [0.2, 0.25) is 0 Å². The Hall–Kier alpha value is -0.580. The normalized spacial score (nSPS) is 14.7.